The number of nitrogens with one attached hydrogen (secondary N) is 1. The number of rotatable bonds is 2. The Hall–Kier alpha value is -1.51. The lowest BCUT2D eigenvalue weighted by molar-refractivity contribution is 0.0961. The summed E-state index contributed by atoms with van der Waals surface area (Å²) in [6.07, 6.45) is 4.78. The van der Waals surface area contributed by atoms with Gasteiger partial charge in [-0.25, -0.2) is 0 Å². The predicted molar refractivity (Wildman–Crippen MR) is 61.0 cm³/mol. The first-order valence-electron chi connectivity index (χ1n) is 5.13. The van der Waals surface area contributed by atoms with Crippen LogP contribution in [-0.2, 0) is 0 Å². The third-order valence-corrected chi connectivity index (χ3v) is 2.28. The van der Waals surface area contributed by atoms with Crippen molar-refractivity contribution >= 4 is 18.1 Å². The van der Waals surface area contributed by atoms with E-state index in [2.05, 4.69) is 5.32 Å². The minimum atomic E-state index is -0.0971. The number of furan rings is 1. The molecule has 1 heterocycles. The molecule has 0 spiro atoms. The number of hydrogen-bond acceptors (Lipinski definition) is 2. The molecule has 0 bridgehead atoms. The van der Waals surface area contributed by atoms with Crippen molar-refractivity contribution in [2.45, 2.75) is 27.2 Å². The molecule has 0 saturated carbocycles. The first-order chi connectivity index (χ1) is 7.15. The van der Waals surface area contributed by atoms with Crippen molar-refractivity contribution in [1.82, 2.24) is 5.32 Å². The average molecular weight is 207 g/mol. The van der Waals surface area contributed by atoms with Crippen LogP contribution in [0.5, 0.6) is 0 Å². The van der Waals surface area contributed by atoms with Gasteiger partial charge in [0.05, 0.1) is 5.56 Å². The lowest BCUT2D eigenvalue weighted by Crippen LogP contribution is -2.30. The molecule has 0 aliphatic rings. The molecule has 0 aliphatic heterocycles. The van der Waals surface area contributed by atoms with E-state index in [1.54, 1.807) is 7.05 Å². The molecule has 0 aliphatic carbocycles. The summed E-state index contributed by atoms with van der Waals surface area (Å²) < 4.78 is 5.55. The highest BCUT2D eigenvalue weighted by Crippen LogP contribution is 1.99. The highest BCUT2D eigenvalue weighted by atomic mass is 16.3. The maximum Gasteiger partial charge on any atom is 0.255 e. The molecule has 82 valence electrons. The Kier molecular flexibility index (Phi) is 3.72. The third kappa shape index (κ3) is 2.12. The summed E-state index contributed by atoms with van der Waals surface area (Å²) in [6.45, 7) is 5.76. The van der Waals surface area contributed by atoms with E-state index in [0.717, 1.165) is 17.1 Å². The Morgan fingerprint density at radius 3 is 2.67 bits per heavy atom. The molecule has 1 aromatic rings. The molecule has 0 fully saturated rings. The first kappa shape index (κ1) is 11.6. The van der Waals surface area contributed by atoms with Gasteiger partial charge in [-0.05, 0) is 26.3 Å². The summed E-state index contributed by atoms with van der Waals surface area (Å²) in [5.41, 5.74) is 1.43. The summed E-state index contributed by atoms with van der Waals surface area (Å²) in [6, 6.07) is 0. The Bertz CT molecular complexity index is 469. The predicted octanol–water partition coefficient (Wildman–Crippen LogP) is 0.939. The molecule has 3 heteroatoms. The van der Waals surface area contributed by atoms with E-state index in [4.69, 9.17) is 4.42 Å². The van der Waals surface area contributed by atoms with Crippen LogP contribution in [0.25, 0.3) is 12.2 Å². The average Bonchev–Trinajstić information content (AvgIpc) is 2.54. The summed E-state index contributed by atoms with van der Waals surface area (Å²) >= 11 is 0. The number of amides is 1. The molecular weight excluding hydrogens is 190 g/mol. The molecule has 0 atom stereocenters. The van der Waals surface area contributed by atoms with Crippen molar-refractivity contribution in [3.63, 3.8) is 0 Å². The molecule has 1 rings (SSSR count). The normalized spacial score (nSPS) is 13.3. The maximum absolute atomic E-state index is 11.6. The zero-order valence-electron chi connectivity index (χ0n) is 9.68. The van der Waals surface area contributed by atoms with Gasteiger partial charge in [0, 0.05) is 12.3 Å². The van der Waals surface area contributed by atoms with Gasteiger partial charge in [-0.3, -0.25) is 4.79 Å². The van der Waals surface area contributed by atoms with Crippen LogP contribution in [0.3, 0.4) is 0 Å². The second kappa shape index (κ2) is 4.82. The van der Waals surface area contributed by atoms with Crippen LogP contribution in [0.15, 0.2) is 4.42 Å². The number of aryl methyl sites for hydroxylation is 1. The van der Waals surface area contributed by atoms with Crippen molar-refractivity contribution in [3.8, 4) is 0 Å². The van der Waals surface area contributed by atoms with Crippen LogP contribution in [0.2, 0.25) is 0 Å². The smallest absolute Gasteiger partial charge is 0.255 e. The van der Waals surface area contributed by atoms with Gasteiger partial charge in [-0.2, -0.15) is 0 Å². The molecule has 0 radical (unpaired) electrons. The molecule has 1 amide bonds. The molecule has 3 nitrogen and oxygen atoms in total. The van der Waals surface area contributed by atoms with Gasteiger partial charge in [0.1, 0.15) is 11.2 Å². The first-order valence-corrected chi connectivity index (χ1v) is 5.13. The Labute approximate surface area is 89.5 Å². The second-order valence-corrected chi connectivity index (χ2v) is 3.29. The largest absolute Gasteiger partial charge is 0.461 e. The van der Waals surface area contributed by atoms with Crippen LogP contribution >= 0.6 is 0 Å². The van der Waals surface area contributed by atoms with Crippen LogP contribution in [0, 0.1) is 6.92 Å². The van der Waals surface area contributed by atoms with Gasteiger partial charge >= 0.3 is 0 Å². The molecular formula is C12H17NO2. The van der Waals surface area contributed by atoms with Gasteiger partial charge in [0.2, 0.25) is 0 Å². The SMILES string of the molecule is CC=c1c(C(=O)NC)c(C)oc1=CCC. The van der Waals surface area contributed by atoms with E-state index in [1.165, 1.54) is 0 Å². The maximum atomic E-state index is 11.6. The van der Waals surface area contributed by atoms with Crippen LogP contribution in [0.4, 0.5) is 0 Å². The molecule has 1 aromatic heterocycles. The number of carbonyl (C=O) groups is 1. The van der Waals surface area contributed by atoms with Crippen LogP contribution < -0.4 is 16.0 Å². The minimum absolute atomic E-state index is 0.0971. The lowest BCUT2D eigenvalue weighted by Gasteiger charge is -1.95. The van der Waals surface area contributed by atoms with Crippen molar-refractivity contribution in [2.75, 3.05) is 7.05 Å². The van der Waals surface area contributed by atoms with E-state index < -0.39 is 0 Å². The van der Waals surface area contributed by atoms with E-state index in [1.807, 2.05) is 32.9 Å². The van der Waals surface area contributed by atoms with E-state index in [-0.39, 0.29) is 5.91 Å². The summed E-state index contributed by atoms with van der Waals surface area (Å²) in [5, 5.41) is 3.50. The van der Waals surface area contributed by atoms with Crippen molar-refractivity contribution in [3.05, 3.63) is 22.0 Å². The fourth-order valence-electron chi connectivity index (χ4n) is 1.61. The molecule has 15 heavy (non-hydrogen) atoms. The molecule has 0 unspecified atom stereocenters. The highest BCUT2D eigenvalue weighted by Gasteiger charge is 2.13. The third-order valence-electron chi connectivity index (χ3n) is 2.28. The molecule has 1 N–H and O–H groups in total. The van der Waals surface area contributed by atoms with E-state index >= 15 is 0 Å². The van der Waals surface area contributed by atoms with E-state index in [9.17, 15) is 4.79 Å². The second-order valence-electron chi connectivity index (χ2n) is 3.29. The fraction of sp³-hybridized carbons (Fsp3) is 0.417. The van der Waals surface area contributed by atoms with Gasteiger partial charge in [0.25, 0.3) is 5.91 Å². The van der Waals surface area contributed by atoms with Gasteiger partial charge in [0.15, 0.2) is 0 Å². The van der Waals surface area contributed by atoms with Crippen molar-refractivity contribution in [2.24, 2.45) is 0 Å². The lowest BCUT2D eigenvalue weighted by atomic mass is 10.2. The van der Waals surface area contributed by atoms with Gasteiger partial charge < -0.3 is 9.73 Å². The Balaban J connectivity index is 3.54. The van der Waals surface area contributed by atoms with Gasteiger partial charge in [-0.15, -0.1) is 0 Å². The molecule has 0 saturated heterocycles. The zero-order valence-corrected chi connectivity index (χ0v) is 9.68. The quantitative estimate of drug-likeness (QED) is 0.784. The monoisotopic (exact) mass is 207 g/mol. The van der Waals surface area contributed by atoms with Crippen molar-refractivity contribution < 1.29 is 9.21 Å². The summed E-state index contributed by atoms with van der Waals surface area (Å²) in [5.74, 6) is 0.572. The van der Waals surface area contributed by atoms with Gasteiger partial charge in [-0.1, -0.05) is 13.0 Å². The summed E-state index contributed by atoms with van der Waals surface area (Å²) in [4.78, 5) is 11.6. The number of hydrogen-bond donors (Lipinski definition) is 1. The Morgan fingerprint density at radius 2 is 2.20 bits per heavy atom. The Morgan fingerprint density at radius 1 is 1.53 bits per heavy atom. The van der Waals surface area contributed by atoms with Crippen molar-refractivity contribution in [1.29, 1.82) is 0 Å². The summed E-state index contributed by atoms with van der Waals surface area (Å²) in [7, 11) is 1.62. The van der Waals surface area contributed by atoms with Crippen LogP contribution in [-0.4, -0.2) is 13.0 Å². The highest BCUT2D eigenvalue weighted by molar-refractivity contribution is 5.95. The van der Waals surface area contributed by atoms with E-state index in [0.29, 0.717) is 11.3 Å². The topological polar surface area (TPSA) is 42.2 Å². The molecule has 0 aromatic carbocycles. The van der Waals surface area contributed by atoms with Crippen LogP contribution in [0.1, 0.15) is 36.4 Å². The fourth-order valence-corrected chi connectivity index (χ4v) is 1.61. The minimum Gasteiger partial charge on any atom is -0.461 e. The number of carbonyl (C=O) groups excluding carboxylic acids is 1. The zero-order chi connectivity index (χ0) is 11.4. The standard InChI is InChI=1S/C12H17NO2/c1-5-7-10-9(6-2)11(8(3)15-10)12(14)13-4/h6-7H,5H2,1-4H3,(H,13,14).